The number of aryl methyl sites for hydroxylation is 2. The zero-order valence-electron chi connectivity index (χ0n) is 16.2. The van der Waals surface area contributed by atoms with E-state index < -0.39 is 0 Å². The van der Waals surface area contributed by atoms with Crippen LogP contribution in [0.2, 0.25) is 0 Å². The van der Waals surface area contributed by atoms with E-state index in [4.69, 9.17) is 0 Å². The molecule has 0 N–H and O–H groups in total. The predicted octanol–water partition coefficient (Wildman–Crippen LogP) is 7.94. The molecule has 0 fully saturated rings. The smallest absolute Gasteiger partial charge is 0.0177 e. The van der Waals surface area contributed by atoms with E-state index in [2.05, 4.69) is 111 Å². The maximum absolute atomic E-state index is 2.30. The van der Waals surface area contributed by atoms with Crippen molar-refractivity contribution in [3.63, 3.8) is 0 Å². The number of benzene rings is 5. The number of fused-ring (bicyclic) bond motifs is 2. The van der Waals surface area contributed by atoms with Crippen LogP contribution in [0.15, 0.2) is 97.1 Å². The Morgan fingerprint density at radius 1 is 0.321 bits per heavy atom. The van der Waals surface area contributed by atoms with Gasteiger partial charge in [0.25, 0.3) is 0 Å². The van der Waals surface area contributed by atoms with Crippen molar-refractivity contribution in [3.8, 4) is 22.3 Å². The fraction of sp³-hybridized carbons (Fsp3) is 0.0714. The minimum atomic E-state index is 1.26. The standard InChI is InChI=1S/C28H22/c1-19-3-6-21(7-4-19)23-10-12-27-18-28(14-13-25(27)16-23)26-11-9-22-15-20(2)5-8-24(22)17-26/h3-18H,1-2H3. The molecule has 0 spiro atoms. The van der Waals surface area contributed by atoms with Gasteiger partial charge < -0.3 is 0 Å². The van der Waals surface area contributed by atoms with Crippen LogP contribution in [0.25, 0.3) is 43.8 Å². The second-order valence-corrected chi connectivity index (χ2v) is 7.71. The molecule has 0 heterocycles. The monoisotopic (exact) mass is 358 g/mol. The van der Waals surface area contributed by atoms with Gasteiger partial charge in [0.15, 0.2) is 0 Å². The molecule has 0 radical (unpaired) electrons. The van der Waals surface area contributed by atoms with Crippen molar-refractivity contribution >= 4 is 21.5 Å². The predicted molar refractivity (Wildman–Crippen MR) is 122 cm³/mol. The van der Waals surface area contributed by atoms with E-state index in [1.165, 1.54) is 54.9 Å². The van der Waals surface area contributed by atoms with Crippen LogP contribution in [0.3, 0.4) is 0 Å². The molecule has 0 bridgehead atoms. The van der Waals surface area contributed by atoms with E-state index in [0.717, 1.165) is 0 Å². The summed E-state index contributed by atoms with van der Waals surface area (Å²) in [7, 11) is 0. The summed E-state index contributed by atoms with van der Waals surface area (Å²) < 4.78 is 0. The van der Waals surface area contributed by atoms with Gasteiger partial charge in [-0.2, -0.15) is 0 Å². The van der Waals surface area contributed by atoms with Gasteiger partial charge >= 0.3 is 0 Å². The van der Waals surface area contributed by atoms with Crippen molar-refractivity contribution in [3.05, 3.63) is 108 Å². The zero-order chi connectivity index (χ0) is 19.1. The molecule has 0 aromatic heterocycles. The lowest BCUT2D eigenvalue weighted by Gasteiger charge is -2.09. The van der Waals surface area contributed by atoms with Crippen LogP contribution in [0.4, 0.5) is 0 Å². The van der Waals surface area contributed by atoms with Gasteiger partial charge in [-0.05, 0) is 75.8 Å². The lowest BCUT2D eigenvalue weighted by atomic mass is 9.96. The van der Waals surface area contributed by atoms with Crippen molar-refractivity contribution in [1.82, 2.24) is 0 Å². The van der Waals surface area contributed by atoms with Gasteiger partial charge in [-0.1, -0.05) is 90.0 Å². The first-order chi connectivity index (χ1) is 13.7. The van der Waals surface area contributed by atoms with Crippen LogP contribution in [0.1, 0.15) is 11.1 Å². The second kappa shape index (κ2) is 6.65. The Bertz CT molecular complexity index is 1310. The number of hydrogen-bond donors (Lipinski definition) is 0. The summed E-state index contributed by atoms with van der Waals surface area (Å²) in [6.45, 7) is 4.27. The van der Waals surface area contributed by atoms with Crippen molar-refractivity contribution in [2.75, 3.05) is 0 Å². The van der Waals surface area contributed by atoms with E-state index in [9.17, 15) is 0 Å². The Hall–Kier alpha value is -3.38. The summed E-state index contributed by atoms with van der Waals surface area (Å²) >= 11 is 0. The topological polar surface area (TPSA) is 0 Å². The Balaban J connectivity index is 1.55. The van der Waals surface area contributed by atoms with Crippen LogP contribution in [-0.4, -0.2) is 0 Å². The molecule has 0 aliphatic carbocycles. The highest BCUT2D eigenvalue weighted by Gasteiger charge is 2.04. The third-order valence-corrected chi connectivity index (χ3v) is 5.55. The third-order valence-electron chi connectivity index (χ3n) is 5.55. The fourth-order valence-electron chi connectivity index (χ4n) is 3.90. The summed E-state index contributed by atoms with van der Waals surface area (Å²) in [5.74, 6) is 0. The van der Waals surface area contributed by atoms with Gasteiger partial charge in [-0.3, -0.25) is 0 Å². The number of rotatable bonds is 2. The molecule has 0 aliphatic rings. The normalized spacial score (nSPS) is 11.2. The fourth-order valence-corrected chi connectivity index (χ4v) is 3.90. The Morgan fingerprint density at radius 2 is 0.679 bits per heavy atom. The van der Waals surface area contributed by atoms with Crippen molar-refractivity contribution in [1.29, 1.82) is 0 Å². The molecule has 134 valence electrons. The lowest BCUT2D eigenvalue weighted by molar-refractivity contribution is 1.47. The van der Waals surface area contributed by atoms with E-state index in [-0.39, 0.29) is 0 Å². The third kappa shape index (κ3) is 3.08. The van der Waals surface area contributed by atoms with E-state index in [1.54, 1.807) is 0 Å². The Labute approximate surface area is 166 Å². The average molecular weight is 358 g/mol. The average Bonchev–Trinajstić information content (AvgIpc) is 2.73. The van der Waals surface area contributed by atoms with Gasteiger partial charge in [-0.25, -0.2) is 0 Å². The maximum Gasteiger partial charge on any atom is -0.0177 e. The van der Waals surface area contributed by atoms with Gasteiger partial charge in [0.05, 0.1) is 0 Å². The first-order valence-electron chi connectivity index (χ1n) is 9.77. The molecular formula is C28H22. The summed E-state index contributed by atoms with van der Waals surface area (Å²) in [4.78, 5) is 0. The molecular weight excluding hydrogens is 336 g/mol. The van der Waals surface area contributed by atoms with E-state index in [1.807, 2.05) is 0 Å². The molecule has 0 aliphatic heterocycles. The van der Waals surface area contributed by atoms with Crippen molar-refractivity contribution < 1.29 is 0 Å². The molecule has 0 heteroatoms. The van der Waals surface area contributed by atoms with Gasteiger partial charge in [-0.15, -0.1) is 0 Å². The summed E-state index contributed by atoms with van der Waals surface area (Å²) in [5.41, 5.74) is 7.65. The summed E-state index contributed by atoms with van der Waals surface area (Å²) in [6, 6.07) is 35.6. The highest BCUT2D eigenvalue weighted by atomic mass is 14.1. The molecule has 5 rings (SSSR count). The minimum absolute atomic E-state index is 1.26. The minimum Gasteiger partial charge on any atom is -0.0587 e. The van der Waals surface area contributed by atoms with Crippen LogP contribution in [0.5, 0.6) is 0 Å². The van der Waals surface area contributed by atoms with Gasteiger partial charge in [0, 0.05) is 0 Å². The first-order valence-corrected chi connectivity index (χ1v) is 9.77. The quantitative estimate of drug-likeness (QED) is 0.300. The Morgan fingerprint density at radius 3 is 1.21 bits per heavy atom. The maximum atomic E-state index is 2.30. The molecule has 5 aromatic rings. The summed E-state index contributed by atoms with van der Waals surface area (Å²) in [6.07, 6.45) is 0. The molecule has 28 heavy (non-hydrogen) atoms. The first kappa shape index (κ1) is 16.8. The number of hydrogen-bond acceptors (Lipinski definition) is 0. The largest absolute Gasteiger partial charge is 0.0587 e. The van der Waals surface area contributed by atoms with Crippen LogP contribution in [0, 0.1) is 13.8 Å². The molecule has 5 aromatic carbocycles. The van der Waals surface area contributed by atoms with E-state index in [0.29, 0.717) is 0 Å². The lowest BCUT2D eigenvalue weighted by Crippen LogP contribution is -1.83. The molecule has 0 nitrogen and oxygen atoms in total. The highest BCUT2D eigenvalue weighted by molar-refractivity contribution is 5.93. The molecule has 0 saturated carbocycles. The highest BCUT2D eigenvalue weighted by Crippen LogP contribution is 2.30. The van der Waals surface area contributed by atoms with E-state index >= 15 is 0 Å². The molecule has 0 unspecified atom stereocenters. The van der Waals surface area contributed by atoms with Crippen molar-refractivity contribution in [2.24, 2.45) is 0 Å². The SMILES string of the molecule is Cc1ccc(-c2ccc3cc(-c4ccc5cc(C)ccc5c4)ccc3c2)cc1. The zero-order valence-corrected chi connectivity index (χ0v) is 16.2. The van der Waals surface area contributed by atoms with Crippen molar-refractivity contribution in [2.45, 2.75) is 13.8 Å². The molecule has 0 saturated heterocycles. The van der Waals surface area contributed by atoms with Gasteiger partial charge in [0.1, 0.15) is 0 Å². The van der Waals surface area contributed by atoms with Gasteiger partial charge in [0.2, 0.25) is 0 Å². The summed E-state index contributed by atoms with van der Waals surface area (Å²) in [5, 5.41) is 5.14. The second-order valence-electron chi connectivity index (χ2n) is 7.71. The van der Waals surface area contributed by atoms with Crippen LogP contribution >= 0.6 is 0 Å². The molecule has 0 atom stereocenters. The Kier molecular flexibility index (Phi) is 3.98. The van der Waals surface area contributed by atoms with Crippen LogP contribution < -0.4 is 0 Å². The molecule has 0 amide bonds. The van der Waals surface area contributed by atoms with Crippen LogP contribution in [-0.2, 0) is 0 Å².